The van der Waals surface area contributed by atoms with Gasteiger partial charge < -0.3 is 14.7 Å². The fourth-order valence-electron chi connectivity index (χ4n) is 3.70. The van der Waals surface area contributed by atoms with Crippen molar-refractivity contribution < 1.29 is 14.2 Å². The molecule has 5 nitrogen and oxygen atoms in total. The Labute approximate surface area is 164 Å². The number of hydrogen-bond donors (Lipinski definition) is 0. The number of rotatable bonds is 5. The molecule has 3 aromatic rings. The first-order valence-corrected chi connectivity index (χ1v) is 9.14. The van der Waals surface area contributed by atoms with Crippen LogP contribution in [0, 0.1) is 5.21 Å². The third-order valence-electron chi connectivity index (χ3n) is 5.01. The van der Waals surface area contributed by atoms with E-state index in [4.69, 9.17) is 9.47 Å². The van der Waals surface area contributed by atoms with Crippen molar-refractivity contribution in [3.8, 4) is 11.5 Å². The zero-order valence-corrected chi connectivity index (χ0v) is 15.9. The van der Waals surface area contributed by atoms with Gasteiger partial charge in [0.2, 0.25) is 5.71 Å². The third-order valence-corrected chi connectivity index (χ3v) is 5.01. The van der Waals surface area contributed by atoms with Crippen molar-refractivity contribution in [3.05, 3.63) is 95.2 Å². The Morgan fingerprint density at radius 3 is 2.18 bits per heavy atom. The lowest BCUT2D eigenvalue weighted by Gasteiger charge is -2.26. The lowest BCUT2D eigenvalue weighted by atomic mass is 10.1. The van der Waals surface area contributed by atoms with E-state index in [1.54, 1.807) is 14.2 Å². The molecule has 0 bridgehead atoms. The van der Waals surface area contributed by atoms with Gasteiger partial charge in [0.1, 0.15) is 6.54 Å². The summed E-state index contributed by atoms with van der Waals surface area (Å²) in [5.41, 5.74) is 3.39. The highest BCUT2D eigenvalue weighted by Crippen LogP contribution is 2.41. The molecule has 0 amide bonds. The number of benzene rings is 3. The molecule has 142 valence electrons. The molecule has 5 heteroatoms. The van der Waals surface area contributed by atoms with Crippen molar-refractivity contribution >= 4 is 11.4 Å². The fourth-order valence-corrected chi connectivity index (χ4v) is 3.70. The molecule has 3 aromatic carbocycles. The van der Waals surface area contributed by atoms with Crippen LogP contribution in [-0.2, 0) is 0 Å². The van der Waals surface area contributed by atoms with E-state index in [0.29, 0.717) is 18.0 Å². The Bertz CT molecular complexity index is 987. The van der Waals surface area contributed by atoms with Gasteiger partial charge in [-0.1, -0.05) is 42.5 Å². The van der Waals surface area contributed by atoms with Crippen LogP contribution in [-0.4, -0.2) is 31.2 Å². The van der Waals surface area contributed by atoms with E-state index in [9.17, 15) is 5.21 Å². The molecule has 0 aromatic heterocycles. The first-order valence-electron chi connectivity index (χ1n) is 9.14. The van der Waals surface area contributed by atoms with E-state index >= 15 is 0 Å². The second-order valence-corrected chi connectivity index (χ2v) is 6.56. The molecular formula is C23H22N2O3. The number of ether oxygens (including phenoxy) is 2. The Morgan fingerprint density at radius 1 is 0.857 bits per heavy atom. The molecule has 0 spiro atoms. The smallest absolute Gasteiger partial charge is 0.269 e. The van der Waals surface area contributed by atoms with Crippen molar-refractivity contribution in [2.45, 2.75) is 6.17 Å². The second kappa shape index (κ2) is 7.64. The summed E-state index contributed by atoms with van der Waals surface area (Å²) < 4.78 is 12.2. The highest BCUT2D eigenvalue weighted by molar-refractivity contribution is 6.01. The van der Waals surface area contributed by atoms with Gasteiger partial charge in [-0.25, -0.2) is 0 Å². The molecule has 0 radical (unpaired) electrons. The summed E-state index contributed by atoms with van der Waals surface area (Å²) in [6, 6.07) is 25.4. The van der Waals surface area contributed by atoms with Gasteiger partial charge >= 0.3 is 0 Å². The van der Waals surface area contributed by atoms with Crippen LogP contribution in [0.4, 0.5) is 5.69 Å². The molecule has 1 aliphatic heterocycles. The Balaban J connectivity index is 1.89. The fraction of sp³-hybridized carbons (Fsp3) is 0.174. The SMILES string of the molecule is COc1cccc([C@H]2N(c3ccccc3)CC(c3ccccc3)=[N+]2[O-])c1OC. The van der Waals surface area contributed by atoms with Gasteiger partial charge in [-0.15, -0.1) is 0 Å². The minimum absolute atomic E-state index is 0.503. The van der Waals surface area contributed by atoms with Crippen LogP contribution in [0.2, 0.25) is 0 Å². The topological polar surface area (TPSA) is 47.8 Å². The summed E-state index contributed by atoms with van der Waals surface area (Å²) in [5.74, 6) is 1.18. The van der Waals surface area contributed by atoms with Crippen molar-refractivity contribution in [1.29, 1.82) is 0 Å². The Kier molecular flexibility index (Phi) is 4.89. The zero-order valence-electron chi connectivity index (χ0n) is 15.9. The minimum atomic E-state index is -0.553. The van der Waals surface area contributed by atoms with Gasteiger partial charge in [0.25, 0.3) is 6.17 Å². The second-order valence-electron chi connectivity index (χ2n) is 6.56. The van der Waals surface area contributed by atoms with Crippen molar-refractivity contribution in [2.75, 3.05) is 25.7 Å². The predicted octanol–water partition coefficient (Wildman–Crippen LogP) is 4.22. The summed E-state index contributed by atoms with van der Waals surface area (Å²) in [6.45, 7) is 0.503. The van der Waals surface area contributed by atoms with Gasteiger partial charge in [0.05, 0.1) is 19.8 Å². The van der Waals surface area contributed by atoms with E-state index in [-0.39, 0.29) is 0 Å². The summed E-state index contributed by atoms with van der Waals surface area (Å²) >= 11 is 0. The first kappa shape index (κ1) is 17.9. The van der Waals surface area contributed by atoms with Gasteiger partial charge in [0.15, 0.2) is 11.5 Å². The minimum Gasteiger partial charge on any atom is -0.622 e. The van der Waals surface area contributed by atoms with Crippen molar-refractivity contribution in [1.82, 2.24) is 0 Å². The van der Waals surface area contributed by atoms with Crippen molar-refractivity contribution in [2.24, 2.45) is 0 Å². The molecule has 0 N–H and O–H groups in total. The quantitative estimate of drug-likeness (QED) is 0.495. The van der Waals surface area contributed by atoms with Crippen molar-refractivity contribution in [3.63, 3.8) is 0 Å². The molecule has 0 unspecified atom stereocenters. The monoisotopic (exact) mass is 374 g/mol. The van der Waals surface area contributed by atoms with Crippen LogP contribution in [0.15, 0.2) is 78.9 Å². The molecule has 1 aliphatic rings. The summed E-state index contributed by atoms with van der Waals surface area (Å²) in [6.07, 6.45) is -0.553. The third kappa shape index (κ3) is 3.05. The number of hydrogen-bond acceptors (Lipinski definition) is 4. The predicted molar refractivity (Wildman–Crippen MR) is 110 cm³/mol. The molecule has 0 aliphatic carbocycles. The number of para-hydroxylation sites is 2. The zero-order chi connectivity index (χ0) is 19.5. The first-order chi connectivity index (χ1) is 13.7. The average Bonchev–Trinajstić information content (AvgIpc) is 3.11. The number of hydroxylamine groups is 1. The van der Waals surface area contributed by atoms with Crippen LogP contribution < -0.4 is 14.4 Å². The molecule has 28 heavy (non-hydrogen) atoms. The van der Waals surface area contributed by atoms with E-state index in [2.05, 4.69) is 4.90 Å². The average molecular weight is 374 g/mol. The van der Waals surface area contributed by atoms with Crippen LogP contribution in [0.1, 0.15) is 17.3 Å². The molecule has 0 saturated heterocycles. The van der Waals surface area contributed by atoms with Gasteiger partial charge in [0, 0.05) is 11.3 Å². The van der Waals surface area contributed by atoms with E-state index < -0.39 is 6.17 Å². The van der Waals surface area contributed by atoms with Crippen LogP contribution in [0.5, 0.6) is 11.5 Å². The summed E-state index contributed by atoms with van der Waals surface area (Å²) in [4.78, 5) is 2.09. The van der Waals surface area contributed by atoms with Gasteiger partial charge in [-0.05, 0) is 36.4 Å². The highest BCUT2D eigenvalue weighted by atomic mass is 16.5. The van der Waals surface area contributed by atoms with Gasteiger partial charge in [-0.3, -0.25) is 4.90 Å². The standard InChI is InChI=1S/C23H22N2O3/c1-27-21-15-9-14-19(22(21)28-2)23-24(18-12-7-4-8-13-18)16-20(25(23)26)17-10-5-3-6-11-17/h3-15,23H,16H2,1-2H3/t23-/m0/s1. The molecule has 0 fully saturated rings. The van der Waals surface area contributed by atoms with E-state index in [1.165, 1.54) is 0 Å². The molecule has 1 atom stereocenters. The Morgan fingerprint density at radius 2 is 1.54 bits per heavy atom. The lowest BCUT2D eigenvalue weighted by Crippen LogP contribution is -2.28. The summed E-state index contributed by atoms with van der Waals surface area (Å²) in [7, 11) is 3.20. The van der Waals surface area contributed by atoms with Crippen LogP contribution >= 0.6 is 0 Å². The normalized spacial score (nSPS) is 16.4. The lowest BCUT2D eigenvalue weighted by molar-refractivity contribution is -0.497. The number of anilines is 1. The summed E-state index contributed by atoms with van der Waals surface area (Å²) in [5, 5.41) is 13.5. The van der Waals surface area contributed by atoms with Crippen LogP contribution in [0.3, 0.4) is 0 Å². The number of nitrogens with zero attached hydrogens (tertiary/aromatic N) is 2. The maximum absolute atomic E-state index is 13.5. The maximum atomic E-state index is 13.5. The largest absolute Gasteiger partial charge is 0.622 e. The highest BCUT2D eigenvalue weighted by Gasteiger charge is 2.41. The molecule has 0 saturated carbocycles. The maximum Gasteiger partial charge on any atom is 0.269 e. The molecular weight excluding hydrogens is 352 g/mol. The molecule has 4 rings (SSSR count). The van der Waals surface area contributed by atoms with E-state index in [0.717, 1.165) is 27.3 Å². The van der Waals surface area contributed by atoms with Gasteiger partial charge in [-0.2, -0.15) is 4.74 Å². The molecule has 1 heterocycles. The Hall–Kier alpha value is -3.47. The number of methoxy groups -OCH3 is 2. The van der Waals surface area contributed by atoms with E-state index in [1.807, 2.05) is 78.9 Å². The van der Waals surface area contributed by atoms with Crippen LogP contribution in [0.25, 0.3) is 0 Å².